The summed E-state index contributed by atoms with van der Waals surface area (Å²) in [6, 6.07) is 11.3. The maximum absolute atomic E-state index is 6.07. The van der Waals surface area contributed by atoms with Crippen molar-refractivity contribution in [2.24, 2.45) is 0 Å². The zero-order valence-electron chi connectivity index (χ0n) is 11.8. The van der Waals surface area contributed by atoms with Crippen LogP contribution in [0.3, 0.4) is 0 Å². The van der Waals surface area contributed by atoms with Gasteiger partial charge in [-0.3, -0.25) is 9.97 Å². The summed E-state index contributed by atoms with van der Waals surface area (Å²) >= 11 is 6.07. The molecule has 110 valence electrons. The highest BCUT2D eigenvalue weighted by Gasteiger charge is 2.06. The van der Waals surface area contributed by atoms with Crippen LogP contribution in [0.5, 0.6) is 0 Å². The van der Waals surface area contributed by atoms with Gasteiger partial charge in [0.2, 0.25) is 0 Å². The molecule has 0 spiro atoms. The van der Waals surface area contributed by atoms with Gasteiger partial charge in [-0.1, -0.05) is 17.7 Å². The monoisotopic (exact) mass is 311 g/mol. The molecule has 0 saturated carbocycles. The van der Waals surface area contributed by atoms with Crippen molar-refractivity contribution in [1.29, 1.82) is 0 Å². The summed E-state index contributed by atoms with van der Waals surface area (Å²) in [5.74, 6) is 1.20. The van der Waals surface area contributed by atoms with E-state index in [-0.39, 0.29) is 0 Å². The van der Waals surface area contributed by atoms with Crippen LogP contribution in [0.15, 0.2) is 55.0 Å². The van der Waals surface area contributed by atoms with Gasteiger partial charge in [-0.05, 0) is 36.2 Å². The average Bonchev–Trinajstić information content (AvgIpc) is 2.56. The Morgan fingerprint density at radius 2 is 1.86 bits per heavy atom. The summed E-state index contributed by atoms with van der Waals surface area (Å²) in [6.07, 6.45) is 6.16. The second-order valence-electron chi connectivity index (χ2n) is 4.65. The summed E-state index contributed by atoms with van der Waals surface area (Å²) in [5, 5.41) is 3.65. The van der Waals surface area contributed by atoms with E-state index in [2.05, 4.69) is 25.3 Å². The van der Waals surface area contributed by atoms with E-state index in [1.165, 1.54) is 5.56 Å². The third-order valence-electron chi connectivity index (χ3n) is 3.06. The van der Waals surface area contributed by atoms with Crippen molar-refractivity contribution < 1.29 is 0 Å². The van der Waals surface area contributed by atoms with Crippen molar-refractivity contribution >= 4 is 17.4 Å². The largest absolute Gasteiger partial charge is 0.370 e. The van der Waals surface area contributed by atoms with Crippen molar-refractivity contribution in [3.8, 4) is 11.5 Å². The van der Waals surface area contributed by atoms with E-state index in [1.807, 2.05) is 30.3 Å². The molecule has 0 saturated heterocycles. The lowest BCUT2D eigenvalue weighted by atomic mass is 10.2. The minimum atomic E-state index is 0.391. The predicted octanol–water partition coefficient (Wildman–Crippen LogP) is 3.24. The van der Waals surface area contributed by atoms with Crippen LogP contribution in [0.1, 0.15) is 5.56 Å². The van der Waals surface area contributed by atoms with Crippen LogP contribution in [0.2, 0.25) is 5.15 Å². The Balaban J connectivity index is 1.70. The summed E-state index contributed by atoms with van der Waals surface area (Å²) < 4.78 is 0. The van der Waals surface area contributed by atoms with Crippen molar-refractivity contribution in [2.45, 2.75) is 6.42 Å². The van der Waals surface area contributed by atoms with E-state index in [0.29, 0.717) is 22.5 Å². The van der Waals surface area contributed by atoms with Gasteiger partial charge in [0.1, 0.15) is 16.7 Å². The third kappa shape index (κ3) is 3.77. The molecule has 0 atom stereocenters. The molecule has 0 radical (unpaired) electrons. The Kier molecular flexibility index (Phi) is 4.56. The molecule has 0 unspecified atom stereocenters. The molecule has 0 aliphatic carbocycles. The summed E-state index contributed by atoms with van der Waals surface area (Å²) in [5.41, 5.74) is 1.91. The first-order chi connectivity index (χ1) is 10.8. The molecule has 1 N–H and O–H groups in total. The smallest absolute Gasteiger partial charge is 0.181 e. The Hall–Kier alpha value is -2.53. The summed E-state index contributed by atoms with van der Waals surface area (Å²) in [6.45, 7) is 0.749. The van der Waals surface area contributed by atoms with Crippen molar-refractivity contribution in [2.75, 3.05) is 11.9 Å². The number of rotatable bonds is 5. The molecule has 6 heteroatoms. The maximum Gasteiger partial charge on any atom is 0.181 e. The van der Waals surface area contributed by atoms with Gasteiger partial charge in [-0.2, -0.15) is 0 Å². The van der Waals surface area contributed by atoms with Gasteiger partial charge in [0, 0.05) is 31.2 Å². The number of anilines is 1. The molecular formula is C16H14ClN5. The van der Waals surface area contributed by atoms with Crippen molar-refractivity contribution in [1.82, 2.24) is 19.9 Å². The fourth-order valence-corrected chi connectivity index (χ4v) is 2.19. The van der Waals surface area contributed by atoms with Gasteiger partial charge in [0.15, 0.2) is 5.82 Å². The fraction of sp³-hybridized carbons (Fsp3) is 0.125. The van der Waals surface area contributed by atoms with Gasteiger partial charge < -0.3 is 5.32 Å². The lowest BCUT2D eigenvalue weighted by molar-refractivity contribution is 0.994. The molecule has 3 rings (SSSR count). The van der Waals surface area contributed by atoms with Crippen LogP contribution in [-0.2, 0) is 6.42 Å². The number of hydrogen-bond acceptors (Lipinski definition) is 5. The van der Waals surface area contributed by atoms with Crippen LogP contribution in [0, 0.1) is 0 Å². The average molecular weight is 312 g/mol. The SMILES string of the molecule is Clc1cc(NCCc2ccncc2)nc(-c2ccccn2)n1. The molecule has 3 heterocycles. The molecule has 22 heavy (non-hydrogen) atoms. The van der Waals surface area contributed by atoms with E-state index < -0.39 is 0 Å². The van der Waals surface area contributed by atoms with Gasteiger partial charge in [0.05, 0.1) is 0 Å². The quantitative estimate of drug-likeness (QED) is 0.733. The zero-order valence-corrected chi connectivity index (χ0v) is 12.5. The Morgan fingerprint density at radius 3 is 2.64 bits per heavy atom. The van der Waals surface area contributed by atoms with E-state index in [1.54, 1.807) is 24.7 Å². The lowest BCUT2D eigenvalue weighted by Crippen LogP contribution is -2.07. The van der Waals surface area contributed by atoms with E-state index in [0.717, 1.165) is 13.0 Å². The molecule has 0 aliphatic rings. The third-order valence-corrected chi connectivity index (χ3v) is 3.25. The number of pyridine rings is 2. The minimum Gasteiger partial charge on any atom is -0.370 e. The van der Waals surface area contributed by atoms with Gasteiger partial charge in [0.25, 0.3) is 0 Å². The minimum absolute atomic E-state index is 0.391. The van der Waals surface area contributed by atoms with Crippen LogP contribution >= 0.6 is 11.6 Å². The highest BCUT2D eigenvalue weighted by molar-refractivity contribution is 6.29. The second kappa shape index (κ2) is 6.95. The Labute approximate surface area is 133 Å². The first-order valence-corrected chi connectivity index (χ1v) is 7.28. The molecule has 0 bridgehead atoms. The highest BCUT2D eigenvalue weighted by Crippen LogP contribution is 2.18. The fourth-order valence-electron chi connectivity index (χ4n) is 2.00. The first kappa shape index (κ1) is 14.4. The summed E-state index contributed by atoms with van der Waals surface area (Å²) in [4.78, 5) is 16.9. The van der Waals surface area contributed by atoms with Crippen LogP contribution in [0.25, 0.3) is 11.5 Å². The maximum atomic E-state index is 6.07. The number of hydrogen-bond donors (Lipinski definition) is 1. The molecule has 0 amide bonds. The molecule has 0 aliphatic heterocycles. The molecule has 3 aromatic rings. The van der Waals surface area contributed by atoms with Crippen LogP contribution in [-0.4, -0.2) is 26.5 Å². The van der Waals surface area contributed by atoms with E-state index in [4.69, 9.17) is 11.6 Å². The van der Waals surface area contributed by atoms with Gasteiger partial charge in [-0.25, -0.2) is 9.97 Å². The lowest BCUT2D eigenvalue weighted by Gasteiger charge is -2.07. The van der Waals surface area contributed by atoms with Crippen molar-refractivity contribution in [3.05, 3.63) is 65.7 Å². The molecular weight excluding hydrogens is 298 g/mol. The zero-order chi connectivity index (χ0) is 15.2. The van der Waals surface area contributed by atoms with Gasteiger partial charge >= 0.3 is 0 Å². The highest BCUT2D eigenvalue weighted by atomic mass is 35.5. The van der Waals surface area contributed by atoms with E-state index >= 15 is 0 Å². The number of nitrogens with one attached hydrogen (secondary N) is 1. The topological polar surface area (TPSA) is 63.6 Å². The van der Waals surface area contributed by atoms with E-state index in [9.17, 15) is 0 Å². The number of halogens is 1. The standard InChI is InChI=1S/C16H14ClN5/c17-14-11-15(20-10-6-12-4-8-18-9-5-12)22-16(21-14)13-3-1-2-7-19-13/h1-5,7-9,11H,6,10H2,(H,20,21,22). The molecule has 0 fully saturated rings. The normalized spacial score (nSPS) is 10.4. The Bertz CT molecular complexity index is 734. The summed E-state index contributed by atoms with van der Waals surface area (Å²) in [7, 11) is 0. The van der Waals surface area contributed by atoms with Crippen LogP contribution in [0.4, 0.5) is 5.82 Å². The number of aromatic nitrogens is 4. The molecule has 0 aromatic carbocycles. The number of nitrogens with zero attached hydrogens (tertiary/aromatic N) is 4. The second-order valence-corrected chi connectivity index (χ2v) is 5.03. The van der Waals surface area contributed by atoms with Gasteiger partial charge in [-0.15, -0.1) is 0 Å². The van der Waals surface area contributed by atoms with Crippen LogP contribution < -0.4 is 5.32 Å². The predicted molar refractivity (Wildman–Crippen MR) is 86.7 cm³/mol. The first-order valence-electron chi connectivity index (χ1n) is 6.90. The van der Waals surface area contributed by atoms with Crippen molar-refractivity contribution in [3.63, 3.8) is 0 Å². The Morgan fingerprint density at radius 1 is 1.00 bits per heavy atom. The molecule has 5 nitrogen and oxygen atoms in total. The molecule has 3 aromatic heterocycles.